The molecule has 1 aromatic carbocycles. The summed E-state index contributed by atoms with van der Waals surface area (Å²) in [5.41, 5.74) is 1.40. The second-order valence-corrected chi connectivity index (χ2v) is 6.95. The number of hydrogen-bond acceptors (Lipinski definition) is 3. The number of ether oxygens (including phenoxy) is 1. The molecule has 0 radical (unpaired) electrons. The minimum atomic E-state index is 0.276. The molecule has 1 spiro atoms. The first-order valence-corrected chi connectivity index (χ1v) is 8.37. The molecular formula is C17H25ClN2O. The molecule has 0 bridgehead atoms. The third-order valence-corrected chi connectivity index (χ3v) is 5.27. The van der Waals surface area contributed by atoms with E-state index in [1.807, 2.05) is 18.2 Å². The van der Waals surface area contributed by atoms with Crippen LogP contribution >= 0.6 is 11.6 Å². The van der Waals surface area contributed by atoms with E-state index in [1.54, 1.807) is 7.11 Å². The number of anilines is 1. The fourth-order valence-electron chi connectivity index (χ4n) is 3.79. The summed E-state index contributed by atoms with van der Waals surface area (Å²) >= 11 is 6.22. The van der Waals surface area contributed by atoms with Gasteiger partial charge in [-0.15, -0.1) is 0 Å². The van der Waals surface area contributed by atoms with Gasteiger partial charge < -0.3 is 15.0 Å². The van der Waals surface area contributed by atoms with Crippen molar-refractivity contribution in [1.29, 1.82) is 0 Å². The van der Waals surface area contributed by atoms with Crippen LogP contribution in [0.4, 0.5) is 5.69 Å². The quantitative estimate of drug-likeness (QED) is 0.898. The zero-order chi connectivity index (χ0) is 14.9. The Morgan fingerprint density at radius 1 is 1.29 bits per heavy atom. The maximum atomic E-state index is 6.22. The van der Waals surface area contributed by atoms with Crippen LogP contribution in [0.15, 0.2) is 18.2 Å². The van der Waals surface area contributed by atoms with Crippen LogP contribution < -0.4 is 15.0 Å². The van der Waals surface area contributed by atoms with Gasteiger partial charge in [-0.2, -0.15) is 0 Å². The van der Waals surface area contributed by atoms with E-state index in [0.29, 0.717) is 6.04 Å². The molecule has 1 saturated heterocycles. The Kier molecular flexibility index (Phi) is 4.32. The first-order valence-electron chi connectivity index (χ1n) is 7.99. The lowest BCUT2D eigenvalue weighted by molar-refractivity contribution is 0.200. The summed E-state index contributed by atoms with van der Waals surface area (Å²) in [6.07, 6.45) is 6.60. The van der Waals surface area contributed by atoms with Crippen LogP contribution in [0.1, 0.15) is 39.0 Å². The Morgan fingerprint density at radius 2 is 2.05 bits per heavy atom. The van der Waals surface area contributed by atoms with E-state index in [0.717, 1.165) is 29.5 Å². The minimum Gasteiger partial charge on any atom is -0.495 e. The van der Waals surface area contributed by atoms with Crippen LogP contribution in [0.25, 0.3) is 0 Å². The number of piperazine rings is 1. The monoisotopic (exact) mass is 308 g/mol. The summed E-state index contributed by atoms with van der Waals surface area (Å²) < 4.78 is 5.56. The van der Waals surface area contributed by atoms with Gasteiger partial charge in [-0.1, -0.05) is 30.9 Å². The van der Waals surface area contributed by atoms with Gasteiger partial charge in [0.2, 0.25) is 0 Å². The Labute approximate surface area is 132 Å². The van der Waals surface area contributed by atoms with Crippen molar-refractivity contribution >= 4 is 17.3 Å². The lowest BCUT2D eigenvalue weighted by atomic mass is 9.79. The highest BCUT2D eigenvalue weighted by Gasteiger charge is 2.39. The summed E-state index contributed by atoms with van der Waals surface area (Å²) in [4.78, 5) is 2.48. The van der Waals surface area contributed by atoms with Crippen LogP contribution in [0.3, 0.4) is 0 Å². The summed E-state index contributed by atoms with van der Waals surface area (Å²) in [6, 6.07) is 6.36. The van der Waals surface area contributed by atoms with Gasteiger partial charge >= 0.3 is 0 Å². The van der Waals surface area contributed by atoms with E-state index in [2.05, 4.69) is 17.1 Å². The van der Waals surface area contributed by atoms with Gasteiger partial charge in [0.1, 0.15) is 5.75 Å². The minimum absolute atomic E-state index is 0.276. The number of nitrogens with one attached hydrogen (secondary N) is 1. The fourth-order valence-corrected chi connectivity index (χ4v) is 3.95. The largest absolute Gasteiger partial charge is 0.495 e. The van der Waals surface area contributed by atoms with E-state index in [1.165, 1.54) is 32.1 Å². The zero-order valence-corrected chi connectivity index (χ0v) is 13.7. The normalized spacial score (nSPS) is 25.1. The van der Waals surface area contributed by atoms with Crippen molar-refractivity contribution in [2.24, 2.45) is 0 Å². The molecule has 0 aromatic heterocycles. The SMILES string of the molecule is COc1ccc(Cl)cc1N1CC2(CCCCC2)NCC1C. The second kappa shape index (κ2) is 6.05. The molecule has 1 atom stereocenters. The van der Waals surface area contributed by atoms with E-state index in [4.69, 9.17) is 16.3 Å². The number of halogens is 1. The fraction of sp³-hybridized carbons (Fsp3) is 0.647. The number of rotatable bonds is 2. The van der Waals surface area contributed by atoms with Gasteiger partial charge in [0.25, 0.3) is 0 Å². The van der Waals surface area contributed by atoms with Crippen LogP contribution in [0, 0.1) is 0 Å². The van der Waals surface area contributed by atoms with E-state index in [-0.39, 0.29) is 5.54 Å². The van der Waals surface area contributed by atoms with Crippen molar-refractivity contribution in [3.05, 3.63) is 23.2 Å². The summed E-state index contributed by atoms with van der Waals surface area (Å²) in [7, 11) is 1.73. The van der Waals surface area contributed by atoms with E-state index < -0.39 is 0 Å². The van der Waals surface area contributed by atoms with Gasteiger partial charge in [-0.25, -0.2) is 0 Å². The molecule has 1 aliphatic carbocycles. The molecular weight excluding hydrogens is 284 g/mol. The second-order valence-electron chi connectivity index (χ2n) is 6.51. The Balaban J connectivity index is 1.90. The molecule has 3 rings (SSSR count). The summed E-state index contributed by atoms with van der Waals surface area (Å²) in [5.74, 6) is 0.916. The average molecular weight is 309 g/mol. The molecule has 1 unspecified atom stereocenters. The van der Waals surface area contributed by atoms with Gasteiger partial charge in [0.05, 0.1) is 12.8 Å². The number of benzene rings is 1. The molecule has 1 aliphatic heterocycles. The van der Waals surface area contributed by atoms with Crippen molar-refractivity contribution in [1.82, 2.24) is 5.32 Å². The van der Waals surface area contributed by atoms with Crippen molar-refractivity contribution in [2.45, 2.75) is 50.6 Å². The van der Waals surface area contributed by atoms with Crippen LogP contribution in [-0.4, -0.2) is 31.8 Å². The smallest absolute Gasteiger partial charge is 0.142 e. The number of nitrogens with zero attached hydrogens (tertiary/aromatic N) is 1. The lowest BCUT2D eigenvalue weighted by Gasteiger charge is -2.50. The van der Waals surface area contributed by atoms with Gasteiger partial charge in [-0.05, 0) is 38.0 Å². The molecule has 21 heavy (non-hydrogen) atoms. The highest BCUT2D eigenvalue weighted by molar-refractivity contribution is 6.30. The van der Waals surface area contributed by atoms with Crippen LogP contribution in [0.2, 0.25) is 5.02 Å². The standard InChI is InChI=1S/C17H25ClN2O/c1-13-11-19-17(8-4-3-5-9-17)12-20(13)15-10-14(18)6-7-16(15)21-2/h6-7,10,13,19H,3-5,8-9,11-12H2,1-2H3. The maximum absolute atomic E-state index is 6.22. The first-order chi connectivity index (χ1) is 10.1. The van der Waals surface area contributed by atoms with Crippen molar-refractivity contribution in [3.8, 4) is 5.75 Å². The average Bonchev–Trinajstić information content (AvgIpc) is 2.51. The van der Waals surface area contributed by atoms with E-state index >= 15 is 0 Å². The molecule has 116 valence electrons. The van der Waals surface area contributed by atoms with Crippen LogP contribution in [-0.2, 0) is 0 Å². The molecule has 1 N–H and O–H groups in total. The van der Waals surface area contributed by atoms with Gasteiger partial charge in [0.15, 0.2) is 0 Å². The number of methoxy groups -OCH3 is 1. The molecule has 2 fully saturated rings. The predicted octanol–water partition coefficient (Wildman–Crippen LogP) is 3.85. The maximum Gasteiger partial charge on any atom is 0.142 e. The Bertz CT molecular complexity index is 500. The summed E-state index contributed by atoms with van der Waals surface area (Å²) in [5, 5.41) is 4.59. The first kappa shape index (κ1) is 15.0. The highest BCUT2D eigenvalue weighted by Crippen LogP contribution is 2.38. The summed E-state index contributed by atoms with van der Waals surface area (Å²) in [6.45, 7) is 4.34. The molecule has 0 amide bonds. The number of hydrogen-bond donors (Lipinski definition) is 1. The van der Waals surface area contributed by atoms with Crippen molar-refractivity contribution in [3.63, 3.8) is 0 Å². The molecule has 1 aromatic rings. The lowest BCUT2D eigenvalue weighted by Crippen LogP contribution is -2.64. The molecule has 1 heterocycles. The van der Waals surface area contributed by atoms with Gasteiger partial charge in [-0.3, -0.25) is 0 Å². The van der Waals surface area contributed by atoms with Gasteiger partial charge in [0, 0.05) is 29.7 Å². The zero-order valence-electron chi connectivity index (χ0n) is 13.0. The molecule has 3 nitrogen and oxygen atoms in total. The molecule has 4 heteroatoms. The van der Waals surface area contributed by atoms with Crippen LogP contribution in [0.5, 0.6) is 5.75 Å². The topological polar surface area (TPSA) is 24.5 Å². The third kappa shape index (κ3) is 3.00. The van der Waals surface area contributed by atoms with Crippen molar-refractivity contribution < 1.29 is 4.74 Å². The highest BCUT2D eigenvalue weighted by atomic mass is 35.5. The Hall–Kier alpha value is -0.930. The predicted molar refractivity (Wildman–Crippen MR) is 88.6 cm³/mol. The Morgan fingerprint density at radius 3 is 2.76 bits per heavy atom. The van der Waals surface area contributed by atoms with E-state index in [9.17, 15) is 0 Å². The third-order valence-electron chi connectivity index (χ3n) is 5.04. The molecule has 2 aliphatic rings. The molecule has 1 saturated carbocycles. The van der Waals surface area contributed by atoms with Crippen molar-refractivity contribution in [2.75, 3.05) is 25.1 Å².